The number of hydrogen-bond acceptors (Lipinski definition) is 3. The zero-order chi connectivity index (χ0) is 14.5. The molecule has 0 heterocycles. The third-order valence-corrected chi connectivity index (χ3v) is 4.65. The summed E-state index contributed by atoms with van der Waals surface area (Å²) >= 11 is 1.81. The molecule has 0 fully saturated rings. The van der Waals surface area contributed by atoms with Crippen molar-refractivity contribution in [2.45, 2.75) is 24.2 Å². The van der Waals surface area contributed by atoms with Gasteiger partial charge in [-0.05, 0) is 54.7 Å². The molecule has 106 valence electrons. The molecule has 0 saturated heterocycles. The second-order valence-corrected chi connectivity index (χ2v) is 6.26. The number of aryl methyl sites for hydroxylation is 2. The zero-order valence-corrected chi connectivity index (χ0v) is 12.7. The Balaban J connectivity index is 1.51. The lowest BCUT2D eigenvalue weighted by atomic mass is 10.1. The van der Waals surface area contributed by atoms with E-state index in [0.29, 0.717) is 17.9 Å². The number of fused-ring (bicyclic) bond motifs is 1. The highest BCUT2D eigenvalue weighted by Gasteiger charge is 2.10. The van der Waals surface area contributed by atoms with Crippen LogP contribution in [-0.2, 0) is 12.8 Å². The maximum Gasteiger partial charge on any atom is 0.137 e. The molecule has 0 unspecified atom stereocenters. The summed E-state index contributed by atoms with van der Waals surface area (Å²) in [6, 6.07) is 16.3. The van der Waals surface area contributed by atoms with E-state index in [1.54, 1.807) is 6.07 Å². The molecule has 2 aromatic rings. The van der Waals surface area contributed by atoms with Gasteiger partial charge in [-0.15, -0.1) is 11.8 Å². The molecule has 0 amide bonds. The molecule has 0 atom stereocenters. The molecule has 0 bridgehead atoms. The van der Waals surface area contributed by atoms with Gasteiger partial charge >= 0.3 is 0 Å². The summed E-state index contributed by atoms with van der Waals surface area (Å²) in [5, 5.41) is 9.01. The topological polar surface area (TPSA) is 33.0 Å². The van der Waals surface area contributed by atoms with Crippen molar-refractivity contribution in [3.8, 4) is 11.8 Å². The van der Waals surface area contributed by atoms with Crippen molar-refractivity contribution in [2.75, 3.05) is 12.4 Å². The van der Waals surface area contributed by atoms with Crippen LogP contribution in [0.2, 0.25) is 0 Å². The Morgan fingerprint density at radius 2 is 1.95 bits per heavy atom. The molecule has 1 aliphatic rings. The Kier molecular flexibility index (Phi) is 4.47. The molecular weight excluding hydrogens is 278 g/mol. The first-order valence-corrected chi connectivity index (χ1v) is 8.22. The Bertz CT molecular complexity index is 675. The normalized spacial score (nSPS) is 12.7. The first kappa shape index (κ1) is 14.0. The fourth-order valence-electron chi connectivity index (χ4n) is 2.63. The van der Waals surface area contributed by atoms with Crippen molar-refractivity contribution in [1.29, 1.82) is 5.26 Å². The van der Waals surface area contributed by atoms with E-state index in [4.69, 9.17) is 10.00 Å². The maximum atomic E-state index is 9.01. The summed E-state index contributed by atoms with van der Waals surface area (Å²) in [5.41, 5.74) is 3.62. The molecule has 0 saturated carbocycles. The van der Waals surface area contributed by atoms with E-state index in [1.807, 2.05) is 30.0 Å². The first-order valence-electron chi connectivity index (χ1n) is 7.23. The van der Waals surface area contributed by atoms with E-state index < -0.39 is 0 Å². The van der Waals surface area contributed by atoms with Crippen LogP contribution in [0.25, 0.3) is 0 Å². The van der Waals surface area contributed by atoms with Gasteiger partial charge in [0.05, 0.1) is 12.2 Å². The predicted octanol–water partition coefficient (Wildman–Crippen LogP) is 4.22. The van der Waals surface area contributed by atoms with Crippen molar-refractivity contribution in [1.82, 2.24) is 0 Å². The van der Waals surface area contributed by atoms with Gasteiger partial charge in [-0.1, -0.05) is 18.2 Å². The highest BCUT2D eigenvalue weighted by Crippen LogP contribution is 2.27. The summed E-state index contributed by atoms with van der Waals surface area (Å²) in [6.07, 6.45) is 3.74. The molecule has 0 aliphatic heterocycles. The largest absolute Gasteiger partial charge is 0.491 e. The smallest absolute Gasteiger partial charge is 0.137 e. The number of hydrogen-bond donors (Lipinski definition) is 0. The average Bonchev–Trinajstić information content (AvgIpc) is 2.99. The van der Waals surface area contributed by atoms with Crippen LogP contribution in [0.1, 0.15) is 23.1 Å². The van der Waals surface area contributed by atoms with Gasteiger partial charge in [-0.2, -0.15) is 5.26 Å². The molecule has 3 rings (SSSR count). The average molecular weight is 295 g/mol. The Morgan fingerprint density at radius 3 is 2.86 bits per heavy atom. The number of nitrogens with zero attached hydrogens (tertiary/aromatic N) is 1. The zero-order valence-electron chi connectivity index (χ0n) is 11.8. The summed E-state index contributed by atoms with van der Waals surface area (Å²) in [4.78, 5) is 1.31. The fraction of sp³-hybridized carbons (Fsp3) is 0.278. The van der Waals surface area contributed by atoms with Crippen molar-refractivity contribution in [3.05, 3.63) is 59.2 Å². The van der Waals surface area contributed by atoms with Gasteiger partial charge in [0.2, 0.25) is 0 Å². The van der Waals surface area contributed by atoms with Crippen LogP contribution < -0.4 is 4.74 Å². The maximum absolute atomic E-state index is 9.01. The SMILES string of the molecule is N#Cc1ccccc1OCCSc1ccc2c(c1)CCC2. The number of para-hydroxylation sites is 1. The lowest BCUT2D eigenvalue weighted by molar-refractivity contribution is 0.343. The molecule has 0 aromatic heterocycles. The lowest BCUT2D eigenvalue weighted by Crippen LogP contribution is -2.01. The number of rotatable bonds is 5. The van der Waals surface area contributed by atoms with Crippen molar-refractivity contribution in [3.63, 3.8) is 0 Å². The second-order valence-electron chi connectivity index (χ2n) is 5.09. The van der Waals surface area contributed by atoms with Gasteiger partial charge in [0.1, 0.15) is 11.8 Å². The Morgan fingerprint density at radius 1 is 1.10 bits per heavy atom. The van der Waals surface area contributed by atoms with Gasteiger partial charge in [-0.25, -0.2) is 0 Å². The summed E-state index contributed by atoms with van der Waals surface area (Å²) in [5.74, 6) is 1.56. The quantitative estimate of drug-likeness (QED) is 0.611. The molecule has 3 heteroatoms. The van der Waals surface area contributed by atoms with E-state index in [9.17, 15) is 0 Å². The number of ether oxygens (including phenoxy) is 1. The molecule has 0 radical (unpaired) electrons. The molecule has 2 nitrogen and oxygen atoms in total. The summed E-state index contributed by atoms with van der Waals surface area (Å²) < 4.78 is 5.70. The van der Waals surface area contributed by atoms with Gasteiger partial charge in [0.25, 0.3) is 0 Å². The lowest BCUT2D eigenvalue weighted by Gasteiger charge is -2.08. The second kappa shape index (κ2) is 6.69. The number of nitriles is 1. The third kappa shape index (κ3) is 3.40. The third-order valence-electron chi connectivity index (χ3n) is 3.69. The van der Waals surface area contributed by atoms with Crippen LogP contribution in [0.5, 0.6) is 5.75 Å². The molecule has 0 N–H and O–H groups in total. The van der Waals surface area contributed by atoms with Gasteiger partial charge in [0.15, 0.2) is 0 Å². The summed E-state index contributed by atoms with van der Waals surface area (Å²) in [7, 11) is 0. The standard InChI is InChI=1S/C18H17NOS/c19-13-16-4-1-2-7-18(16)20-10-11-21-17-9-8-14-5-3-6-15(14)12-17/h1-2,4,7-9,12H,3,5-6,10-11H2. The van der Waals surface area contributed by atoms with Crippen LogP contribution in [0, 0.1) is 11.3 Å². The van der Waals surface area contributed by atoms with E-state index in [0.717, 1.165) is 5.75 Å². The van der Waals surface area contributed by atoms with Crippen molar-refractivity contribution in [2.24, 2.45) is 0 Å². The minimum atomic E-state index is 0.597. The predicted molar refractivity (Wildman–Crippen MR) is 85.8 cm³/mol. The summed E-state index contributed by atoms with van der Waals surface area (Å²) in [6.45, 7) is 0.612. The monoisotopic (exact) mass is 295 g/mol. The van der Waals surface area contributed by atoms with Crippen molar-refractivity contribution >= 4 is 11.8 Å². The number of thioether (sulfide) groups is 1. The molecule has 1 aliphatic carbocycles. The molecular formula is C18H17NOS. The molecule has 0 spiro atoms. The van der Waals surface area contributed by atoms with E-state index in [-0.39, 0.29) is 0 Å². The van der Waals surface area contributed by atoms with Gasteiger partial charge in [0, 0.05) is 10.6 Å². The van der Waals surface area contributed by atoms with E-state index >= 15 is 0 Å². The van der Waals surface area contributed by atoms with Crippen molar-refractivity contribution < 1.29 is 4.74 Å². The fourth-order valence-corrected chi connectivity index (χ4v) is 3.43. The van der Waals surface area contributed by atoms with Gasteiger partial charge in [-0.3, -0.25) is 0 Å². The molecule has 2 aromatic carbocycles. The van der Waals surface area contributed by atoms with Crippen LogP contribution in [0.3, 0.4) is 0 Å². The Labute approximate surface area is 129 Å². The first-order chi connectivity index (χ1) is 10.4. The minimum Gasteiger partial charge on any atom is -0.491 e. The highest BCUT2D eigenvalue weighted by atomic mass is 32.2. The molecule has 21 heavy (non-hydrogen) atoms. The van der Waals surface area contributed by atoms with E-state index in [1.165, 1.54) is 35.3 Å². The highest BCUT2D eigenvalue weighted by molar-refractivity contribution is 7.99. The van der Waals surface area contributed by atoms with Gasteiger partial charge < -0.3 is 4.74 Å². The van der Waals surface area contributed by atoms with E-state index in [2.05, 4.69) is 24.3 Å². The van der Waals surface area contributed by atoms with Crippen LogP contribution >= 0.6 is 11.8 Å². The number of benzene rings is 2. The Hall–Kier alpha value is -1.92. The van der Waals surface area contributed by atoms with Crippen LogP contribution in [-0.4, -0.2) is 12.4 Å². The van der Waals surface area contributed by atoms with Crippen LogP contribution in [0.4, 0.5) is 0 Å². The minimum absolute atomic E-state index is 0.597. The van der Waals surface area contributed by atoms with Crippen LogP contribution in [0.15, 0.2) is 47.4 Å².